The number of nitrogens with one attached hydrogen (secondary N) is 1. The summed E-state index contributed by atoms with van der Waals surface area (Å²) >= 11 is 0. The first-order valence-electron chi connectivity index (χ1n) is 4.21. The maximum Gasteiger partial charge on any atom is 0.352 e. The molecule has 0 saturated heterocycles. The van der Waals surface area contributed by atoms with Gasteiger partial charge in [-0.2, -0.15) is 0 Å². The normalized spacial score (nSPS) is 10.9. The molecule has 0 saturated carbocycles. The third-order valence-corrected chi connectivity index (χ3v) is 2.25. The molecule has 1 aromatic carbocycles. The number of hydrogen-bond acceptors (Lipinski definition) is 1. The molecule has 0 radical (unpaired) electrons. The maximum absolute atomic E-state index is 13.3. The average Bonchev–Trinajstić information content (AvgIpc) is 2.59. The summed E-state index contributed by atoms with van der Waals surface area (Å²) < 4.78 is 26.2. The minimum atomic E-state index is -1.20. The molecule has 1 heterocycles. The van der Waals surface area contributed by atoms with Crippen LogP contribution in [-0.2, 0) is 0 Å². The van der Waals surface area contributed by atoms with E-state index in [1.165, 1.54) is 6.07 Å². The minimum Gasteiger partial charge on any atom is -0.477 e. The van der Waals surface area contributed by atoms with Crippen molar-refractivity contribution >= 4 is 16.9 Å². The fourth-order valence-electron chi connectivity index (χ4n) is 1.50. The number of hydrogen-bond donors (Lipinski definition) is 2. The number of aromatic carboxylic acids is 1. The van der Waals surface area contributed by atoms with Crippen LogP contribution in [0.2, 0.25) is 0 Å². The Balaban J connectivity index is 2.85. The smallest absolute Gasteiger partial charge is 0.352 e. The van der Waals surface area contributed by atoms with Crippen molar-refractivity contribution in [1.82, 2.24) is 4.98 Å². The molecule has 0 aliphatic carbocycles. The predicted molar refractivity (Wildman–Crippen MR) is 49.9 cm³/mol. The number of rotatable bonds is 1. The SMILES string of the molecule is Cc1cc(F)c(F)c2[nH]c(C(=O)O)cc12. The van der Waals surface area contributed by atoms with Gasteiger partial charge in [-0.1, -0.05) is 0 Å². The Morgan fingerprint density at radius 3 is 2.67 bits per heavy atom. The Kier molecular flexibility index (Phi) is 1.96. The first-order chi connectivity index (χ1) is 7.00. The number of aromatic amines is 1. The van der Waals surface area contributed by atoms with Gasteiger partial charge in [-0.05, 0) is 24.6 Å². The van der Waals surface area contributed by atoms with E-state index in [0.717, 1.165) is 6.07 Å². The number of aromatic nitrogens is 1. The molecule has 0 bridgehead atoms. The van der Waals surface area contributed by atoms with Gasteiger partial charge < -0.3 is 10.1 Å². The van der Waals surface area contributed by atoms with Crippen molar-refractivity contribution in [2.24, 2.45) is 0 Å². The van der Waals surface area contributed by atoms with Crippen LogP contribution in [0.1, 0.15) is 16.1 Å². The summed E-state index contributed by atoms with van der Waals surface area (Å²) in [6.45, 7) is 1.59. The number of benzene rings is 1. The van der Waals surface area contributed by atoms with E-state index >= 15 is 0 Å². The Hall–Kier alpha value is -1.91. The van der Waals surface area contributed by atoms with Gasteiger partial charge in [0.05, 0.1) is 5.52 Å². The number of carbonyl (C=O) groups is 1. The fraction of sp³-hybridized carbons (Fsp3) is 0.100. The van der Waals surface area contributed by atoms with Crippen molar-refractivity contribution < 1.29 is 18.7 Å². The Bertz CT molecular complexity index is 560. The maximum atomic E-state index is 13.3. The molecule has 0 aliphatic rings. The molecule has 0 aliphatic heterocycles. The van der Waals surface area contributed by atoms with Gasteiger partial charge in [0.2, 0.25) is 0 Å². The molecule has 0 atom stereocenters. The minimum absolute atomic E-state index is 0.107. The Morgan fingerprint density at radius 2 is 2.07 bits per heavy atom. The third-order valence-electron chi connectivity index (χ3n) is 2.25. The summed E-state index contributed by atoms with van der Waals surface area (Å²) in [5.41, 5.74) is 0.232. The molecule has 3 nitrogen and oxygen atoms in total. The van der Waals surface area contributed by atoms with Crippen LogP contribution in [0.5, 0.6) is 0 Å². The molecule has 2 aromatic rings. The predicted octanol–water partition coefficient (Wildman–Crippen LogP) is 2.45. The molecule has 0 unspecified atom stereocenters. The lowest BCUT2D eigenvalue weighted by Gasteiger charge is -1.98. The van der Waals surface area contributed by atoms with Gasteiger partial charge in [0, 0.05) is 5.39 Å². The summed E-state index contributed by atoms with van der Waals surface area (Å²) in [6, 6.07) is 2.33. The van der Waals surface area contributed by atoms with Gasteiger partial charge in [-0.3, -0.25) is 0 Å². The molecular weight excluding hydrogens is 204 g/mol. The lowest BCUT2D eigenvalue weighted by atomic mass is 10.1. The monoisotopic (exact) mass is 211 g/mol. The van der Waals surface area contributed by atoms with Crippen LogP contribution < -0.4 is 0 Å². The van der Waals surface area contributed by atoms with Crippen LogP contribution in [-0.4, -0.2) is 16.1 Å². The summed E-state index contributed by atoms with van der Waals surface area (Å²) in [5.74, 6) is -3.24. The van der Waals surface area contributed by atoms with E-state index in [1.54, 1.807) is 6.92 Å². The highest BCUT2D eigenvalue weighted by atomic mass is 19.2. The van der Waals surface area contributed by atoms with Crippen molar-refractivity contribution in [3.8, 4) is 0 Å². The van der Waals surface area contributed by atoms with E-state index in [2.05, 4.69) is 4.98 Å². The second-order valence-corrected chi connectivity index (χ2v) is 3.27. The second kappa shape index (κ2) is 3.05. The zero-order valence-corrected chi connectivity index (χ0v) is 7.77. The highest BCUT2D eigenvalue weighted by molar-refractivity contribution is 5.95. The standard InChI is InChI=1S/C10H7F2NO2/c1-4-2-6(11)8(12)9-5(4)3-7(13-9)10(14)15/h2-3,13H,1H3,(H,14,15). The highest BCUT2D eigenvalue weighted by Crippen LogP contribution is 2.24. The van der Waals surface area contributed by atoms with E-state index in [1.807, 2.05) is 0 Å². The molecule has 0 spiro atoms. The fourth-order valence-corrected chi connectivity index (χ4v) is 1.50. The van der Waals surface area contributed by atoms with Crippen LogP contribution in [0.3, 0.4) is 0 Å². The largest absolute Gasteiger partial charge is 0.477 e. The number of carboxylic acids is 1. The van der Waals surface area contributed by atoms with Gasteiger partial charge in [0.1, 0.15) is 5.69 Å². The van der Waals surface area contributed by atoms with Crippen LogP contribution in [0, 0.1) is 18.6 Å². The number of H-pyrrole nitrogens is 1. The van der Waals surface area contributed by atoms with Crippen LogP contribution >= 0.6 is 0 Å². The molecule has 5 heteroatoms. The lowest BCUT2D eigenvalue weighted by Crippen LogP contribution is -1.95. The quantitative estimate of drug-likeness (QED) is 0.761. The molecule has 0 amide bonds. The van der Waals surface area contributed by atoms with Crippen LogP contribution in [0.15, 0.2) is 12.1 Å². The van der Waals surface area contributed by atoms with Crippen molar-refractivity contribution in [2.75, 3.05) is 0 Å². The third kappa shape index (κ3) is 1.36. The Labute approximate surface area is 83.3 Å². The van der Waals surface area contributed by atoms with Gasteiger partial charge >= 0.3 is 5.97 Å². The van der Waals surface area contributed by atoms with Crippen molar-refractivity contribution in [1.29, 1.82) is 0 Å². The number of aryl methyl sites for hydroxylation is 1. The van der Waals surface area contributed by atoms with Gasteiger partial charge in [0.25, 0.3) is 0 Å². The highest BCUT2D eigenvalue weighted by Gasteiger charge is 2.15. The molecule has 2 rings (SSSR count). The van der Waals surface area contributed by atoms with Gasteiger partial charge in [-0.25, -0.2) is 13.6 Å². The molecule has 15 heavy (non-hydrogen) atoms. The lowest BCUT2D eigenvalue weighted by molar-refractivity contribution is 0.0691. The van der Waals surface area contributed by atoms with Crippen molar-refractivity contribution in [3.63, 3.8) is 0 Å². The molecule has 0 fully saturated rings. The number of halogens is 2. The van der Waals surface area contributed by atoms with Gasteiger partial charge in [0.15, 0.2) is 11.6 Å². The van der Waals surface area contributed by atoms with Crippen LogP contribution in [0.25, 0.3) is 10.9 Å². The zero-order valence-electron chi connectivity index (χ0n) is 7.77. The summed E-state index contributed by atoms with van der Waals surface area (Å²) in [6.07, 6.45) is 0. The molecule has 78 valence electrons. The van der Waals surface area contributed by atoms with Crippen molar-refractivity contribution in [3.05, 3.63) is 35.0 Å². The van der Waals surface area contributed by atoms with Crippen LogP contribution in [0.4, 0.5) is 8.78 Å². The first-order valence-corrected chi connectivity index (χ1v) is 4.21. The van der Waals surface area contributed by atoms with E-state index in [4.69, 9.17) is 5.11 Å². The molecule has 2 N–H and O–H groups in total. The molecular formula is C10H7F2NO2. The number of fused-ring (bicyclic) bond motifs is 1. The topological polar surface area (TPSA) is 53.1 Å². The van der Waals surface area contributed by atoms with E-state index < -0.39 is 17.6 Å². The van der Waals surface area contributed by atoms with Gasteiger partial charge in [-0.15, -0.1) is 0 Å². The van der Waals surface area contributed by atoms with E-state index in [9.17, 15) is 13.6 Å². The van der Waals surface area contributed by atoms with Crippen molar-refractivity contribution in [2.45, 2.75) is 6.92 Å². The molecule has 1 aromatic heterocycles. The van der Waals surface area contributed by atoms with E-state index in [0.29, 0.717) is 10.9 Å². The zero-order chi connectivity index (χ0) is 11.2. The first kappa shape index (κ1) is 9.64. The second-order valence-electron chi connectivity index (χ2n) is 3.27. The average molecular weight is 211 g/mol. The Morgan fingerprint density at radius 1 is 1.40 bits per heavy atom. The number of carboxylic acid groups (broad SMARTS) is 1. The summed E-state index contributed by atoms with van der Waals surface area (Å²) in [5, 5.41) is 9.07. The van der Waals surface area contributed by atoms with E-state index in [-0.39, 0.29) is 11.2 Å². The summed E-state index contributed by atoms with van der Waals surface area (Å²) in [7, 11) is 0. The summed E-state index contributed by atoms with van der Waals surface area (Å²) in [4.78, 5) is 13.0.